The molecule has 0 bridgehead atoms. The van der Waals surface area contributed by atoms with Crippen molar-refractivity contribution in [2.75, 3.05) is 11.9 Å². The highest BCUT2D eigenvalue weighted by Crippen LogP contribution is 2.38. The molecule has 2 rings (SSSR count). The summed E-state index contributed by atoms with van der Waals surface area (Å²) in [5, 5.41) is 12.6. The standard InChI is InChI=1S/C13H17NO/c1-2-5-12-11(8-9-15)10-6-3-4-7-13(10)14-12/h2-4,6-7,11-12,14-15H,1,5,8-9H2/t11-,12+/m0/s1. The molecule has 0 saturated carbocycles. The molecule has 1 aromatic rings. The van der Waals surface area contributed by atoms with Gasteiger partial charge in [0.25, 0.3) is 0 Å². The summed E-state index contributed by atoms with van der Waals surface area (Å²) in [5.74, 6) is 0.421. The van der Waals surface area contributed by atoms with Gasteiger partial charge in [-0.1, -0.05) is 24.3 Å². The van der Waals surface area contributed by atoms with Crippen LogP contribution in [0.15, 0.2) is 36.9 Å². The lowest BCUT2D eigenvalue weighted by Crippen LogP contribution is -2.20. The fourth-order valence-corrected chi connectivity index (χ4v) is 2.37. The third-order valence-corrected chi connectivity index (χ3v) is 3.05. The van der Waals surface area contributed by atoms with Crippen LogP contribution in [0.4, 0.5) is 5.69 Å². The Balaban J connectivity index is 2.24. The minimum Gasteiger partial charge on any atom is -0.396 e. The lowest BCUT2D eigenvalue weighted by molar-refractivity contribution is 0.272. The molecule has 1 aromatic carbocycles. The predicted octanol–water partition coefficient (Wildman–Crippen LogP) is 2.52. The summed E-state index contributed by atoms with van der Waals surface area (Å²) in [4.78, 5) is 0. The molecule has 0 aliphatic carbocycles. The van der Waals surface area contributed by atoms with E-state index in [0.717, 1.165) is 12.8 Å². The molecule has 80 valence electrons. The Morgan fingerprint density at radius 1 is 1.40 bits per heavy atom. The number of hydrogen-bond donors (Lipinski definition) is 2. The monoisotopic (exact) mass is 203 g/mol. The molecule has 1 heterocycles. The Bertz CT molecular complexity index is 348. The summed E-state index contributed by atoms with van der Waals surface area (Å²) in [6.07, 6.45) is 3.70. The number of nitrogens with one attached hydrogen (secondary N) is 1. The van der Waals surface area contributed by atoms with E-state index in [1.54, 1.807) is 0 Å². The molecule has 15 heavy (non-hydrogen) atoms. The van der Waals surface area contributed by atoms with E-state index in [4.69, 9.17) is 5.11 Å². The minimum atomic E-state index is 0.244. The third kappa shape index (κ3) is 1.90. The van der Waals surface area contributed by atoms with Gasteiger partial charge in [-0.25, -0.2) is 0 Å². The van der Waals surface area contributed by atoms with Gasteiger partial charge in [0.2, 0.25) is 0 Å². The van der Waals surface area contributed by atoms with E-state index in [9.17, 15) is 0 Å². The smallest absolute Gasteiger partial charge is 0.0437 e. The maximum atomic E-state index is 9.08. The van der Waals surface area contributed by atoms with E-state index >= 15 is 0 Å². The zero-order chi connectivity index (χ0) is 10.7. The van der Waals surface area contributed by atoms with E-state index in [1.165, 1.54) is 11.3 Å². The van der Waals surface area contributed by atoms with Crippen molar-refractivity contribution in [1.82, 2.24) is 0 Å². The summed E-state index contributed by atoms with van der Waals surface area (Å²) in [6, 6.07) is 8.74. The number of aliphatic hydroxyl groups is 1. The fraction of sp³-hybridized carbons (Fsp3) is 0.385. The van der Waals surface area contributed by atoms with Crippen LogP contribution in [0.3, 0.4) is 0 Å². The van der Waals surface area contributed by atoms with Crippen LogP contribution in [0.5, 0.6) is 0 Å². The van der Waals surface area contributed by atoms with Crippen molar-refractivity contribution >= 4 is 5.69 Å². The molecule has 2 nitrogen and oxygen atoms in total. The third-order valence-electron chi connectivity index (χ3n) is 3.05. The highest BCUT2D eigenvalue weighted by molar-refractivity contribution is 5.59. The fourth-order valence-electron chi connectivity index (χ4n) is 2.37. The molecule has 0 amide bonds. The molecule has 1 aliphatic heterocycles. The average molecular weight is 203 g/mol. The van der Waals surface area contributed by atoms with Crippen LogP contribution < -0.4 is 5.32 Å². The van der Waals surface area contributed by atoms with Crippen LogP contribution in [0, 0.1) is 0 Å². The molecule has 1 aliphatic rings. The zero-order valence-corrected chi connectivity index (χ0v) is 8.82. The van der Waals surface area contributed by atoms with Gasteiger partial charge in [0.15, 0.2) is 0 Å². The normalized spacial score (nSPS) is 23.3. The first-order valence-electron chi connectivity index (χ1n) is 5.44. The Morgan fingerprint density at radius 3 is 2.93 bits per heavy atom. The molecule has 0 spiro atoms. The van der Waals surface area contributed by atoms with Crippen LogP contribution in [-0.4, -0.2) is 17.8 Å². The first kappa shape index (κ1) is 10.2. The number of aliphatic hydroxyl groups excluding tert-OH is 1. The molecule has 0 fully saturated rings. The number of anilines is 1. The summed E-state index contributed by atoms with van der Waals surface area (Å²) >= 11 is 0. The Hall–Kier alpha value is -1.28. The number of rotatable bonds is 4. The number of fused-ring (bicyclic) bond motifs is 1. The van der Waals surface area contributed by atoms with Crippen molar-refractivity contribution in [3.63, 3.8) is 0 Å². The number of para-hydroxylation sites is 1. The van der Waals surface area contributed by atoms with Gasteiger partial charge in [-0.05, 0) is 24.5 Å². The first-order valence-corrected chi connectivity index (χ1v) is 5.44. The Labute approximate surface area is 90.6 Å². The van der Waals surface area contributed by atoms with E-state index in [2.05, 4.69) is 30.1 Å². The van der Waals surface area contributed by atoms with Gasteiger partial charge < -0.3 is 10.4 Å². The second-order valence-corrected chi connectivity index (χ2v) is 3.98. The van der Waals surface area contributed by atoms with Crippen LogP contribution in [0.1, 0.15) is 24.3 Å². The molecule has 0 radical (unpaired) electrons. The highest BCUT2D eigenvalue weighted by atomic mass is 16.3. The number of hydrogen-bond acceptors (Lipinski definition) is 2. The van der Waals surface area contributed by atoms with Crippen LogP contribution in [0.25, 0.3) is 0 Å². The van der Waals surface area contributed by atoms with Gasteiger partial charge in [0.1, 0.15) is 0 Å². The lowest BCUT2D eigenvalue weighted by Gasteiger charge is -2.17. The van der Waals surface area contributed by atoms with Gasteiger partial charge in [-0.3, -0.25) is 0 Å². The molecule has 2 atom stereocenters. The van der Waals surface area contributed by atoms with E-state index in [0.29, 0.717) is 12.0 Å². The second kappa shape index (κ2) is 4.49. The van der Waals surface area contributed by atoms with Crippen LogP contribution in [-0.2, 0) is 0 Å². The molecule has 0 saturated heterocycles. The zero-order valence-electron chi connectivity index (χ0n) is 8.82. The van der Waals surface area contributed by atoms with E-state index in [-0.39, 0.29) is 6.61 Å². The summed E-state index contributed by atoms with van der Waals surface area (Å²) in [6.45, 7) is 4.02. The summed E-state index contributed by atoms with van der Waals surface area (Å²) < 4.78 is 0. The molecular weight excluding hydrogens is 186 g/mol. The maximum Gasteiger partial charge on any atom is 0.0437 e. The van der Waals surface area contributed by atoms with Gasteiger partial charge in [-0.2, -0.15) is 0 Å². The first-order chi connectivity index (χ1) is 7.36. The SMILES string of the molecule is C=CC[C@H]1Nc2ccccc2[C@@H]1CCO. The maximum absolute atomic E-state index is 9.08. The van der Waals surface area contributed by atoms with Crippen molar-refractivity contribution < 1.29 is 5.11 Å². The van der Waals surface area contributed by atoms with Crippen molar-refractivity contribution in [1.29, 1.82) is 0 Å². The summed E-state index contributed by atoms with van der Waals surface area (Å²) in [7, 11) is 0. The van der Waals surface area contributed by atoms with E-state index in [1.807, 2.05) is 12.1 Å². The highest BCUT2D eigenvalue weighted by Gasteiger charge is 2.29. The van der Waals surface area contributed by atoms with Crippen molar-refractivity contribution in [3.8, 4) is 0 Å². The van der Waals surface area contributed by atoms with Crippen molar-refractivity contribution in [3.05, 3.63) is 42.5 Å². The lowest BCUT2D eigenvalue weighted by atomic mass is 9.90. The largest absolute Gasteiger partial charge is 0.396 e. The molecule has 0 unspecified atom stereocenters. The predicted molar refractivity (Wildman–Crippen MR) is 63.1 cm³/mol. The van der Waals surface area contributed by atoms with Gasteiger partial charge in [0, 0.05) is 24.3 Å². The van der Waals surface area contributed by atoms with Gasteiger partial charge in [-0.15, -0.1) is 6.58 Å². The molecule has 0 aromatic heterocycles. The quantitative estimate of drug-likeness (QED) is 0.737. The van der Waals surface area contributed by atoms with Gasteiger partial charge in [0.05, 0.1) is 0 Å². The van der Waals surface area contributed by atoms with Crippen LogP contribution >= 0.6 is 0 Å². The van der Waals surface area contributed by atoms with Crippen molar-refractivity contribution in [2.45, 2.75) is 24.8 Å². The van der Waals surface area contributed by atoms with Gasteiger partial charge >= 0.3 is 0 Å². The molecule has 2 heteroatoms. The topological polar surface area (TPSA) is 32.3 Å². The van der Waals surface area contributed by atoms with Crippen LogP contribution in [0.2, 0.25) is 0 Å². The molecule has 2 N–H and O–H groups in total. The van der Waals surface area contributed by atoms with Crippen molar-refractivity contribution in [2.24, 2.45) is 0 Å². The average Bonchev–Trinajstić information content (AvgIpc) is 2.59. The Morgan fingerprint density at radius 2 is 2.20 bits per heavy atom. The summed E-state index contributed by atoms with van der Waals surface area (Å²) in [5.41, 5.74) is 2.54. The number of benzene rings is 1. The minimum absolute atomic E-state index is 0.244. The molecular formula is C13H17NO. The Kier molecular flexibility index (Phi) is 3.07. The van der Waals surface area contributed by atoms with E-state index < -0.39 is 0 Å². The second-order valence-electron chi connectivity index (χ2n) is 3.98.